The molecule has 1 atom stereocenters. The van der Waals surface area contributed by atoms with Crippen LogP contribution in [0.4, 0.5) is 0 Å². The van der Waals surface area contributed by atoms with E-state index in [1.165, 1.54) is 6.20 Å². The van der Waals surface area contributed by atoms with Gasteiger partial charge in [-0.15, -0.1) is 0 Å². The highest BCUT2D eigenvalue weighted by molar-refractivity contribution is 5.93. The highest BCUT2D eigenvalue weighted by Crippen LogP contribution is 1.97. The molecule has 1 unspecified atom stereocenters. The number of β-amino-alcohol motifs (C(OH)–C–C–N with tert-alkyl or cyclic N) is 1. The van der Waals surface area contributed by atoms with E-state index >= 15 is 0 Å². The number of aliphatic hydroxyl groups is 1. The van der Waals surface area contributed by atoms with Gasteiger partial charge in [0.15, 0.2) is 0 Å². The minimum absolute atomic E-state index is 0.201. The summed E-state index contributed by atoms with van der Waals surface area (Å²) >= 11 is 0. The van der Waals surface area contributed by atoms with Gasteiger partial charge in [0.05, 0.1) is 11.7 Å². The molecule has 0 spiro atoms. The summed E-state index contributed by atoms with van der Waals surface area (Å²) in [6, 6.07) is 3.41. The molecule has 1 aromatic rings. The molecule has 0 bridgehead atoms. The van der Waals surface area contributed by atoms with Crippen molar-refractivity contribution in [2.45, 2.75) is 6.10 Å². The molecular weight excluding hydrogens is 244 g/mol. The van der Waals surface area contributed by atoms with Gasteiger partial charge in [-0.1, -0.05) is 0 Å². The maximum absolute atomic E-state index is 11.8. The molecule has 2 heterocycles. The molecule has 0 aliphatic carbocycles. The molecule has 19 heavy (non-hydrogen) atoms. The van der Waals surface area contributed by atoms with Crippen molar-refractivity contribution in [1.29, 1.82) is 0 Å². The highest BCUT2D eigenvalue weighted by atomic mass is 16.3. The predicted octanol–water partition coefficient (Wildman–Crippen LogP) is -0.922. The first-order chi connectivity index (χ1) is 9.25. The number of carbonyl (C=O) groups is 1. The largest absolute Gasteiger partial charge is 0.390 e. The number of carbonyl (C=O) groups excluding carboxylic acids is 1. The first-order valence-electron chi connectivity index (χ1n) is 6.55. The van der Waals surface area contributed by atoms with Gasteiger partial charge >= 0.3 is 0 Å². The zero-order valence-electron chi connectivity index (χ0n) is 10.9. The van der Waals surface area contributed by atoms with Crippen molar-refractivity contribution in [2.75, 3.05) is 39.3 Å². The van der Waals surface area contributed by atoms with Crippen molar-refractivity contribution in [1.82, 2.24) is 20.5 Å². The lowest BCUT2D eigenvalue weighted by Gasteiger charge is -2.29. The zero-order chi connectivity index (χ0) is 13.5. The molecular formula is C13H20N4O2. The van der Waals surface area contributed by atoms with E-state index in [4.69, 9.17) is 0 Å². The van der Waals surface area contributed by atoms with Crippen LogP contribution in [-0.4, -0.2) is 66.3 Å². The maximum Gasteiger partial charge on any atom is 0.252 e. The van der Waals surface area contributed by atoms with Crippen LogP contribution < -0.4 is 10.6 Å². The number of nitrogens with one attached hydrogen (secondary N) is 2. The zero-order valence-corrected chi connectivity index (χ0v) is 10.9. The minimum Gasteiger partial charge on any atom is -0.390 e. The second kappa shape index (κ2) is 7.18. The van der Waals surface area contributed by atoms with E-state index in [1.54, 1.807) is 18.3 Å². The Labute approximate surface area is 112 Å². The molecule has 0 radical (unpaired) electrons. The Kier molecular flexibility index (Phi) is 5.26. The van der Waals surface area contributed by atoms with Crippen molar-refractivity contribution in [3.05, 3.63) is 30.1 Å². The number of amides is 1. The van der Waals surface area contributed by atoms with Crippen molar-refractivity contribution in [2.24, 2.45) is 0 Å². The van der Waals surface area contributed by atoms with Gasteiger partial charge < -0.3 is 15.7 Å². The summed E-state index contributed by atoms with van der Waals surface area (Å²) in [4.78, 5) is 17.8. The molecule has 1 fully saturated rings. The lowest BCUT2D eigenvalue weighted by molar-refractivity contribution is 0.0842. The molecule has 1 aromatic heterocycles. The van der Waals surface area contributed by atoms with E-state index in [2.05, 4.69) is 20.5 Å². The second-order valence-electron chi connectivity index (χ2n) is 4.66. The van der Waals surface area contributed by atoms with Crippen LogP contribution in [0.3, 0.4) is 0 Å². The van der Waals surface area contributed by atoms with Gasteiger partial charge in [-0.3, -0.25) is 14.7 Å². The number of pyridine rings is 1. The molecule has 1 amide bonds. The number of nitrogens with zero attached hydrogens (tertiary/aromatic N) is 2. The number of piperazine rings is 1. The molecule has 1 saturated heterocycles. The van der Waals surface area contributed by atoms with Crippen molar-refractivity contribution in [3.63, 3.8) is 0 Å². The Morgan fingerprint density at radius 1 is 1.53 bits per heavy atom. The van der Waals surface area contributed by atoms with Crippen molar-refractivity contribution >= 4 is 5.91 Å². The maximum atomic E-state index is 11.8. The Hall–Kier alpha value is -1.50. The standard InChI is InChI=1S/C13H20N4O2/c18-12(10-17-6-4-14-5-7-17)9-16-13(19)11-2-1-3-15-8-11/h1-3,8,12,14,18H,4-7,9-10H2,(H,16,19). The third-order valence-electron chi connectivity index (χ3n) is 3.10. The van der Waals surface area contributed by atoms with E-state index in [-0.39, 0.29) is 12.5 Å². The lowest BCUT2D eigenvalue weighted by Crippen LogP contribution is -2.48. The van der Waals surface area contributed by atoms with E-state index < -0.39 is 6.10 Å². The Morgan fingerprint density at radius 2 is 2.32 bits per heavy atom. The van der Waals surface area contributed by atoms with Crippen LogP contribution >= 0.6 is 0 Å². The molecule has 104 valence electrons. The monoisotopic (exact) mass is 264 g/mol. The quantitative estimate of drug-likeness (QED) is 0.641. The van der Waals surface area contributed by atoms with E-state index in [1.807, 2.05) is 0 Å². The fourth-order valence-corrected chi connectivity index (χ4v) is 2.07. The second-order valence-corrected chi connectivity index (χ2v) is 4.66. The molecule has 0 aromatic carbocycles. The van der Waals surface area contributed by atoms with Gasteiger partial charge in [0.2, 0.25) is 0 Å². The molecule has 0 saturated carbocycles. The summed E-state index contributed by atoms with van der Waals surface area (Å²) in [6.45, 7) is 4.64. The minimum atomic E-state index is -0.543. The molecule has 2 rings (SSSR count). The summed E-state index contributed by atoms with van der Waals surface area (Å²) in [7, 11) is 0. The third-order valence-corrected chi connectivity index (χ3v) is 3.10. The van der Waals surface area contributed by atoms with E-state index in [0.29, 0.717) is 12.1 Å². The molecule has 1 aliphatic heterocycles. The fourth-order valence-electron chi connectivity index (χ4n) is 2.07. The summed E-state index contributed by atoms with van der Waals surface area (Å²) in [5.74, 6) is -0.201. The topological polar surface area (TPSA) is 77.5 Å². The average molecular weight is 264 g/mol. The summed E-state index contributed by atoms with van der Waals surface area (Å²) < 4.78 is 0. The summed E-state index contributed by atoms with van der Waals surface area (Å²) in [5.41, 5.74) is 0.511. The smallest absolute Gasteiger partial charge is 0.252 e. The van der Waals surface area contributed by atoms with Gasteiger partial charge in [0.1, 0.15) is 0 Å². The van der Waals surface area contributed by atoms with Gasteiger partial charge in [-0.2, -0.15) is 0 Å². The Morgan fingerprint density at radius 3 is 3.00 bits per heavy atom. The van der Waals surface area contributed by atoms with Crippen molar-refractivity contribution in [3.8, 4) is 0 Å². The van der Waals surface area contributed by atoms with Crippen LogP contribution in [0.2, 0.25) is 0 Å². The summed E-state index contributed by atoms with van der Waals surface area (Å²) in [5, 5.41) is 15.9. The number of hydrogen-bond acceptors (Lipinski definition) is 5. The number of rotatable bonds is 5. The third kappa shape index (κ3) is 4.59. The number of aromatic nitrogens is 1. The molecule has 1 aliphatic rings. The molecule has 3 N–H and O–H groups in total. The van der Waals surface area contributed by atoms with Gasteiger partial charge in [-0.05, 0) is 12.1 Å². The van der Waals surface area contributed by atoms with Gasteiger partial charge in [0, 0.05) is 51.7 Å². The molecule has 6 nitrogen and oxygen atoms in total. The van der Waals surface area contributed by atoms with E-state index in [9.17, 15) is 9.90 Å². The average Bonchev–Trinajstić information content (AvgIpc) is 2.47. The van der Waals surface area contributed by atoms with Gasteiger partial charge in [0.25, 0.3) is 5.91 Å². The van der Waals surface area contributed by atoms with Gasteiger partial charge in [-0.25, -0.2) is 0 Å². The van der Waals surface area contributed by atoms with Crippen LogP contribution in [0.5, 0.6) is 0 Å². The fraction of sp³-hybridized carbons (Fsp3) is 0.538. The lowest BCUT2D eigenvalue weighted by atomic mass is 10.2. The van der Waals surface area contributed by atoms with Crippen LogP contribution in [0, 0.1) is 0 Å². The van der Waals surface area contributed by atoms with Crippen LogP contribution in [0.25, 0.3) is 0 Å². The molecule has 6 heteroatoms. The predicted molar refractivity (Wildman–Crippen MR) is 71.9 cm³/mol. The van der Waals surface area contributed by atoms with E-state index in [0.717, 1.165) is 26.2 Å². The van der Waals surface area contributed by atoms with Crippen LogP contribution in [-0.2, 0) is 0 Å². The van der Waals surface area contributed by atoms with Crippen molar-refractivity contribution < 1.29 is 9.90 Å². The first-order valence-corrected chi connectivity index (χ1v) is 6.55. The highest BCUT2D eigenvalue weighted by Gasteiger charge is 2.15. The van der Waals surface area contributed by atoms with Crippen LogP contribution in [0.1, 0.15) is 10.4 Å². The Balaban J connectivity index is 1.71. The van der Waals surface area contributed by atoms with Crippen LogP contribution in [0.15, 0.2) is 24.5 Å². The first kappa shape index (κ1) is 13.9. The Bertz CT molecular complexity index is 393. The summed E-state index contributed by atoms with van der Waals surface area (Å²) in [6.07, 6.45) is 2.59. The number of aliphatic hydroxyl groups excluding tert-OH is 1. The normalized spacial score (nSPS) is 17.9. The number of hydrogen-bond donors (Lipinski definition) is 3. The SMILES string of the molecule is O=C(NCC(O)CN1CCNCC1)c1cccnc1.